The largest absolute Gasteiger partial charge is 0.309 e. The zero-order valence-corrected chi connectivity index (χ0v) is 10.3. The van der Waals surface area contributed by atoms with Crippen molar-refractivity contribution in [1.82, 2.24) is 5.32 Å². The maximum Gasteiger partial charge on any atom is 0.0365 e. The summed E-state index contributed by atoms with van der Waals surface area (Å²) in [6.45, 7) is 0.977. The highest BCUT2D eigenvalue weighted by atomic mass is 79.9. The third kappa shape index (κ3) is 2.69. The number of halogens is 2. The number of nitrogens with one attached hydrogen (secondary N) is 1. The Bertz CT molecular complexity index is 283. The van der Waals surface area contributed by atoms with Crippen molar-refractivity contribution in [3.63, 3.8) is 0 Å². The number of alkyl halides is 1. The number of hydrogen-bond acceptors (Lipinski definition) is 2. The zero-order valence-electron chi connectivity index (χ0n) is 7.09. The Hall–Kier alpha value is 0.430. The first-order valence-electron chi connectivity index (χ1n) is 4.34. The fourth-order valence-corrected chi connectivity index (χ4v) is 3.24. The van der Waals surface area contributed by atoms with Crippen molar-refractivity contribution < 1.29 is 0 Å². The molecule has 1 aromatic rings. The molecule has 2 rings (SSSR count). The second kappa shape index (κ2) is 4.30. The van der Waals surface area contributed by atoms with E-state index in [-0.39, 0.29) is 0 Å². The first-order chi connectivity index (χ1) is 6.24. The second-order valence-corrected chi connectivity index (χ2v) is 5.91. The monoisotopic (exact) mass is 279 g/mol. The summed E-state index contributed by atoms with van der Waals surface area (Å²) in [5, 5.41) is 6.01. The van der Waals surface area contributed by atoms with Gasteiger partial charge in [-0.2, -0.15) is 0 Å². The molecular formula is C9H11BrClNS. The number of thiophene rings is 1. The third-order valence-corrected chi connectivity index (χ3v) is 4.32. The third-order valence-electron chi connectivity index (χ3n) is 2.27. The molecule has 1 heterocycles. The first kappa shape index (κ1) is 9.97. The molecule has 0 spiro atoms. The minimum absolute atomic E-state index is 0.410. The van der Waals surface area contributed by atoms with E-state index in [1.54, 1.807) is 11.3 Å². The number of hydrogen-bond donors (Lipinski definition) is 1. The van der Waals surface area contributed by atoms with E-state index in [9.17, 15) is 0 Å². The fraction of sp³-hybridized carbons (Fsp3) is 0.556. The lowest BCUT2D eigenvalue weighted by Crippen LogP contribution is -2.41. The molecule has 1 aliphatic carbocycles. The van der Waals surface area contributed by atoms with Crippen LogP contribution in [0.3, 0.4) is 0 Å². The van der Waals surface area contributed by atoms with Crippen molar-refractivity contribution in [2.75, 3.05) is 0 Å². The molecule has 0 radical (unpaired) electrons. The molecule has 0 aliphatic heterocycles. The van der Waals surface area contributed by atoms with Gasteiger partial charge in [-0.05, 0) is 34.8 Å². The standard InChI is InChI=1S/C9H11BrClNS/c10-6-1-9(13-5-6)4-12-8-2-7(11)3-8/h1,5,7-8,12H,2-4H2. The maximum absolute atomic E-state index is 5.88. The van der Waals surface area contributed by atoms with Gasteiger partial charge < -0.3 is 5.32 Å². The second-order valence-electron chi connectivity index (χ2n) is 3.38. The molecule has 0 unspecified atom stereocenters. The van der Waals surface area contributed by atoms with E-state index in [0.717, 1.165) is 19.4 Å². The van der Waals surface area contributed by atoms with Crippen LogP contribution in [-0.4, -0.2) is 11.4 Å². The number of rotatable bonds is 3. The molecular weight excluding hydrogens is 270 g/mol. The van der Waals surface area contributed by atoms with Gasteiger partial charge in [0.25, 0.3) is 0 Å². The molecule has 1 fully saturated rings. The Kier molecular flexibility index (Phi) is 3.30. The lowest BCUT2D eigenvalue weighted by Gasteiger charge is -2.31. The molecule has 1 aliphatic rings. The molecule has 0 aromatic carbocycles. The van der Waals surface area contributed by atoms with Gasteiger partial charge in [-0.3, -0.25) is 0 Å². The summed E-state index contributed by atoms with van der Waals surface area (Å²) >= 11 is 11.1. The Balaban J connectivity index is 1.74. The van der Waals surface area contributed by atoms with Crippen LogP contribution in [0.2, 0.25) is 0 Å². The van der Waals surface area contributed by atoms with Gasteiger partial charge in [0.05, 0.1) is 0 Å². The summed E-state index contributed by atoms with van der Waals surface area (Å²) in [5.41, 5.74) is 0. The van der Waals surface area contributed by atoms with Crippen molar-refractivity contribution in [3.05, 3.63) is 20.8 Å². The highest BCUT2D eigenvalue weighted by Gasteiger charge is 2.26. The molecule has 1 saturated carbocycles. The van der Waals surface area contributed by atoms with Gasteiger partial charge in [-0.1, -0.05) is 0 Å². The zero-order chi connectivity index (χ0) is 9.26. The van der Waals surface area contributed by atoms with Crippen molar-refractivity contribution in [3.8, 4) is 0 Å². The molecule has 1 N–H and O–H groups in total. The molecule has 1 nitrogen and oxygen atoms in total. The molecule has 13 heavy (non-hydrogen) atoms. The van der Waals surface area contributed by atoms with Crippen molar-refractivity contribution in [2.24, 2.45) is 0 Å². The molecule has 4 heteroatoms. The van der Waals surface area contributed by atoms with Crippen LogP contribution >= 0.6 is 38.9 Å². The maximum atomic E-state index is 5.88. The van der Waals surface area contributed by atoms with Crippen LogP contribution in [-0.2, 0) is 6.54 Å². The van der Waals surface area contributed by atoms with E-state index in [4.69, 9.17) is 11.6 Å². The van der Waals surface area contributed by atoms with Gasteiger partial charge in [-0.25, -0.2) is 0 Å². The quantitative estimate of drug-likeness (QED) is 0.837. The van der Waals surface area contributed by atoms with E-state index in [1.807, 2.05) is 0 Å². The smallest absolute Gasteiger partial charge is 0.0365 e. The van der Waals surface area contributed by atoms with E-state index < -0.39 is 0 Å². The Morgan fingerprint density at radius 3 is 2.92 bits per heavy atom. The van der Waals surface area contributed by atoms with E-state index in [1.165, 1.54) is 9.35 Å². The fourth-order valence-electron chi connectivity index (χ4n) is 1.41. The van der Waals surface area contributed by atoms with Gasteiger partial charge in [0.1, 0.15) is 0 Å². The summed E-state index contributed by atoms with van der Waals surface area (Å²) < 4.78 is 1.18. The van der Waals surface area contributed by atoms with Crippen LogP contribution in [0.25, 0.3) is 0 Å². The Morgan fingerprint density at radius 1 is 1.62 bits per heavy atom. The average molecular weight is 281 g/mol. The highest BCUT2D eigenvalue weighted by Crippen LogP contribution is 2.26. The predicted octanol–water partition coefficient (Wildman–Crippen LogP) is 3.37. The topological polar surface area (TPSA) is 12.0 Å². The summed E-state index contributed by atoms with van der Waals surface area (Å²) in [7, 11) is 0. The molecule has 1 aromatic heterocycles. The lowest BCUT2D eigenvalue weighted by molar-refractivity contribution is 0.346. The van der Waals surface area contributed by atoms with Crippen molar-refractivity contribution in [2.45, 2.75) is 30.8 Å². The average Bonchev–Trinajstić information content (AvgIpc) is 2.43. The predicted molar refractivity (Wildman–Crippen MR) is 61.5 cm³/mol. The van der Waals surface area contributed by atoms with Crippen LogP contribution in [0.4, 0.5) is 0 Å². The summed E-state index contributed by atoms with van der Waals surface area (Å²) in [6.07, 6.45) is 2.24. The molecule has 0 bridgehead atoms. The Morgan fingerprint density at radius 2 is 2.38 bits per heavy atom. The highest BCUT2D eigenvalue weighted by molar-refractivity contribution is 9.10. The first-order valence-corrected chi connectivity index (χ1v) is 6.45. The summed E-state index contributed by atoms with van der Waals surface area (Å²) in [6, 6.07) is 2.80. The van der Waals surface area contributed by atoms with Gasteiger partial charge in [-0.15, -0.1) is 22.9 Å². The van der Waals surface area contributed by atoms with Gasteiger partial charge in [0.15, 0.2) is 0 Å². The van der Waals surface area contributed by atoms with Crippen LogP contribution < -0.4 is 5.32 Å². The van der Waals surface area contributed by atoms with E-state index in [0.29, 0.717) is 11.4 Å². The van der Waals surface area contributed by atoms with Crippen LogP contribution in [0, 0.1) is 0 Å². The minimum atomic E-state index is 0.410. The van der Waals surface area contributed by atoms with Gasteiger partial charge in [0, 0.05) is 32.7 Å². The van der Waals surface area contributed by atoms with Crippen LogP contribution in [0.1, 0.15) is 17.7 Å². The normalized spacial score (nSPS) is 27.2. The lowest BCUT2D eigenvalue weighted by atomic mass is 9.92. The van der Waals surface area contributed by atoms with Gasteiger partial charge >= 0.3 is 0 Å². The van der Waals surface area contributed by atoms with Crippen molar-refractivity contribution >= 4 is 38.9 Å². The SMILES string of the molecule is ClC1CC(NCc2cc(Br)cs2)C1. The Labute approximate surface area is 95.6 Å². The molecule has 72 valence electrons. The van der Waals surface area contributed by atoms with Gasteiger partial charge in [0.2, 0.25) is 0 Å². The minimum Gasteiger partial charge on any atom is -0.309 e. The van der Waals surface area contributed by atoms with Crippen LogP contribution in [0.5, 0.6) is 0 Å². The molecule has 0 amide bonds. The van der Waals surface area contributed by atoms with Crippen LogP contribution in [0.15, 0.2) is 15.9 Å². The molecule has 0 saturated heterocycles. The van der Waals surface area contributed by atoms with E-state index in [2.05, 4.69) is 32.7 Å². The van der Waals surface area contributed by atoms with Crippen molar-refractivity contribution in [1.29, 1.82) is 0 Å². The van der Waals surface area contributed by atoms with E-state index >= 15 is 0 Å². The molecule has 0 atom stereocenters. The summed E-state index contributed by atoms with van der Waals surface area (Å²) in [4.78, 5) is 1.38. The summed E-state index contributed by atoms with van der Waals surface area (Å²) in [5.74, 6) is 0.